The Bertz CT molecular complexity index is 66.1. The molecule has 0 aromatic carbocycles. The van der Waals surface area contributed by atoms with Gasteiger partial charge in [-0.05, 0) is 20.5 Å². The topological polar surface area (TPSA) is 29.3 Å². The van der Waals surface area contributed by atoms with E-state index in [-0.39, 0.29) is 6.54 Å². The summed E-state index contributed by atoms with van der Waals surface area (Å²) in [6.45, 7) is 0.923. The molecule has 0 spiro atoms. The molecule has 9 heavy (non-hydrogen) atoms. The number of alkyl halides is 1. The molecule has 0 aliphatic carbocycles. The van der Waals surface area contributed by atoms with Gasteiger partial charge in [-0.2, -0.15) is 0 Å². The molecule has 1 unspecified atom stereocenters. The molecular formula is C6H15FN2. The molecule has 0 bridgehead atoms. The molecule has 1 atom stereocenters. The number of nitrogens with zero attached hydrogens (tertiary/aromatic N) is 1. The first-order valence-electron chi connectivity index (χ1n) is 3.15. The van der Waals surface area contributed by atoms with Gasteiger partial charge in [0.1, 0.15) is 6.17 Å². The minimum Gasteiger partial charge on any atom is -0.328 e. The molecule has 0 saturated heterocycles. The predicted octanol–water partition coefficient (Wildman–Crippen LogP) is 0.235. The zero-order valence-corrected chi connectivity index (χ0v) is 6.10. The second-order valence-corrected chi connectivity index (χ2v) is 2.42. The summed E-state index contributed by atoms with van der Waals surface area (Å²) in [5.41, 5.74) is 5.06. The predicted molar refractivity (Wildman–Crippen MR) is 37.1 cm³/mol. The zero-order chi connectivity index (χ0) is 7.28. The Morgan fingerprint density at radius 1 is 1.56 bits per heavy atom. The molecule has 0 heterocycles. The van der Waals surface area contributed by atoms with Crippen molar-refractivity contribution in [1.82, 2.24) is 4.90 Å². The third-order valence-corrected chi connectivity index (χ3v) is 1.15. The van der Waals surface area contributed by atoms with Gasteiger partial charge in [-0.15, -0.1) is 0 Å². The average Bonchev–Trinajstić information content (AvgIpc) is 1.83. The minimum atomic E-state index is -0.826. The summed E-state index contributed by atoms with van der Waals surface area (Å²) < 4.78 is 12.3. The van der Waals surface area contributed by atoms with Crippen LogP contribution in [0.15, 0.2) is 0 Å². The van der Waals surface area contributed by atoms with Gasteiger partial charge in [0, 0.05) is 13.1 Å². The fourth-order valence-corrected chi connectivity index (χ4v) is 0.516. The van der Waals surface area contributed by atoms with Gasteiger partial charge in [0.2, 0.25) is 0 Å². The maximum atomic E-state index is 12.3. The van der Waals surface area contributed by atoms with E-state index in [1.807, 2.05) is 19.0 Å². The van der Waals surface area contributed by atoms with Crippen LogP contribution in [0.1, 0.15) is 6.42 Å². The van der Waals surface area contributed by atoms with Crippen LogP contribution in [0.2, 0.25) is 0 Å². The number of nitrogens with two attached hydrogens (primary N) is 1. The van der Waals surface area contributed by atoms with Gasteiger partial charge in [-0.3, -0.25) is 0 Å². The minimum absolute atomic E-state index is 0.147. The van der Waals surface area contributed by atoms with E-state index in [0.29, 0.717) is 6.42 Å². The van der Waals surface area contributed by atoms with Gasteiger partial charge in [0.05, 0.1) is 0 Å². The maximum Gasteiger partial charge on any atom is 0.113 e. The van der Waals surface area contributed by atoms with Gasteiger partial charge in [0.25, 0.3) is 0 Å². The van der Waals surface area contributed by atoms with Crippen molar-refractivity contribution < 1.29 is 4.39 Å². The summed E-state index contributed by atoms with van der Waals surface area (Å²) in [6.07, 6.45) is -0.281. The fraction of sp³-hybridized carbons (Fsp3) is 1.00. The molecule has 0 rings (SSSR count). The number of hydrogen-bond acceptors (Lipinski definition) is 2. The van der Waals surface area contributed by atoms with Crippen LogP contribution in [0.3, 0.4) is 0 Å². The lowest BCUT2D eigenvalue weighted by Crippen LogP contribution is -2.22. The Labute approximate surface area is 55.8 Å². The Kier molecular flexibility index (Phi) is 4.62. The second-order valence-electron chi connectivity index (χ2n) is 2.42. The monoisotopic (exact) mass is 134 g/mol. The van der Waals surface area contributed by atoms with E-state index < -0.39 is 6.17 Å². The molecule has 0 aliphatic rings. The summed E-state index contributed by atoms with van der Waals surface area (Å²) in [5.74, 6) is 0. The van der Waals surface area contributed by atoms with Crippen LogP contribution in [0.25, 0.3) is 0 Å². The van der Waals surface area contributed by atoms with Crippen molar-refractivity contribution in [3.05, 3.63) is 0 Å². The molecule has 0 aliphatic heterocycles. The Balaban J connectivity index is 3.06. The van der Waals surface area contributed by atoms with Gasteiger partial charge in [-0.25, -0.2) is 4.39 Å². The highest BCUT2D eigenvalue weighted by molar-refractivity contribution is 4.57. The lowest BCUT2D eigenvalue weighted by Gasteiger charge is -2.10. The average molecular weight is 134 g/mol. The Hall–Kier alpha value is -0.150. The molecule has 0 saturated carbocycles. The van der Waals surface area contributed by atoms with Crippen molar-refractivity contribution in [2.45, 2.75) is 12.6 Å². The third kappa shape index (κ3) is 5.73. The van der Waals surface area contributed by atoms with Gasteiger partial charge < -0.3 is 10.6 Å². The van der Waals surface area contributed by atoms with Crippen LogP contribution in [0, 0.1) is 0 Å². The van der Waals surface area contributed by atoms with Gasteiger partial charge in [0.15, 0.2) is 0 Å². The highest BCUT2D eigenvalue weighted by atomic mass is 19.1. The molecular weight excluding hydrogens is 119 g/mol. The van der Waals surface area contributed by atoms with E-state index in [4.69, 9.17) is 5.73 Å². The van der Waals surface area contributed by atoms with Crippen LogP contribution in [-0.4, -0.2) is 38.3 Å². The molecule has 0 aromatic rings. The number of rotatable bonds is 4. The largest absolute Gasteiger partial charge is 0.328 e. The molecule has 0 amide bonds. The van der Waals surface area contributed by atoms with E-state index in [1.54, 1.807) is 0 Å². The van der Waals surface area contributed by atoms with Crippen molar-refractivity contribution in [2.75, 3.05) is 27.2 Å². The van der Waals surface area contributed by atoms with Crippen molar-refractivity contribution in [3.63, 3.8) is 0 Å². The molecule has 0 radical (unpaired) electrons. The normalized spacial score (nSPS) is 14.3. The van der Waals surface area contributed by atoms with Crippen LogP contribution in [0.5, 0.6) is 0 Å². The fourth-order valence-electron chi connectivity index (χ4n) is 0.516. The first-order chi connectivity index (χ1) is 4.16. The lowest BCUT2D eigenvalue weighted by atomic mass is 10.3. The first-order valence-corrected chi connectivity index (χ1v) is 3.15. The zero-order valence-electron chi connectivity index (χ0n) is 6.10. The molecule has 2 nitrogen and oxygen atoms in total. The van der Waals surface area contributed by atoms with Crippen molar-refractivity contribution >= 4 is 0 Å². The highest BCUT2D eigenvalue weighted by Crippen LogP contribution is 1.94. The van der Waals surface area contributed by atoms with Gasteiger partial charge in [-0.1, -0.05) is 0 Å². The number of halogens is 1. The van der Waals surface area contributed by atoms with Crippen molar-refractivity contribution in [3.8, 4) is 0 Å². The van der Waals surface area contributed by atoms with Crippen LogP contribution < -0.4 is 5.73 Å². The van der Waals surface area contributed by atoms with Crippen molar-refractivity contribution in [2.24, 2.45) is 5.73 Å². The SMILES string of the molecule is CN(C)CCC(F)CN. The van der Waals surface area contributed by atoms with Crippen LogP contribution in [-0.2, 0) is 0 Å². The third-order valence-electron chi connectivity index (χ3n) is 1.15. The van der Waals surface area contributed by atoms with E-state index in [0.717, 1.165) is 6.54 Å². The molecule has 0 fully saturated rings. The molecule has 0 aromatic heterocycles. The van der Waals surface area contributed by atoms with Crippen molar-refractivity contribution in [1.29, 1.82) is 0 Å². The van der Waals surface area contributed by atoms with Crippen LogP contribution in [0.4, 0.5) is 4.39 Å². The Morgan fingerprint density at radius 2 is 2.11 bits per heavy atom. The van der Waals surface area contributed by atoms with E-state index in [1.165, 1.54) is 0 Å². The van der Waals surface area contributed by atoms with E-state index in [2.05, 4.69) is 0 Å². The summed E-state index contributed by atoms with van der Waals surface area (Å²) in [6, 6.07) is 0. The Morgan fingerprint density at radius 3 is 2.44 bits per heavy atom. The lowest BCUT2D eigenvalue weighted by molar-refractivity contribution is 0.279. The summed E-state index contributed by atoms with van der Waals surface area (Å²) >= 11 is 0. The molecule has 56 valence electrons. The van der Waals surface area contributed by atoms with Gasteiger partial charge >= 0.3 is 0 Å². The standard InChI is InChI=1S/C6H15FN2/c1-9(2)4-3-6(7)5-8/h6H,3-5,8H2,1-2H3. The highest BCUT2D eigenvalue weighted by Gasteiger charge is 2.02. The van der Waals surface area contributed by atoms with E-state index >= 15 is 0 Å². The smallest absolute Gasteiger partial charge is 0.113 e. The van der Waals surface area contributed by atoms with E-state index in [9.17, 15) is 4.39 Å². The maximum absolute atomic E-state index is 12.3. The first kappa shape index (κ1) is 8.85. The number of hydrogen-bond donors (Lipinski definition) is 1. The summed E-state index contributed by atoms with van der Waals surface area (Å²) in [7, 11) is 3.84. The summed E-state index contributed by atoms with van der Waals surface area (Å²) in [5, 5.41) is 0. The molecule has 2 N–H and O–H groups in total. The molecule has 3 heteroatoms. The quantitative estimate of drug-likeness (QED) is 0.596. The van der Waals surface area contributed by atoms with Crippen LogP contribution >= 0.6 is 0 Å². The second kappa shape index (κ2) is 4.70. The summed E-state index contributed by atoms with van der Waals surface area (Å²) in [4.78, 5) is 1.95.